The molecule has 0 spiro atoms. The number of pyridine rings is 1. The maximum Gasteiger partial charge on any atom is 0.339 e. The lowest BCUT2D eigenvalue weighted by molar-refractivity contribution is 0.0697. The molecule has 1 aliphatic rings. The van der Waals surface area contributed by atoms with Gasteiger partial charge < -0.3 is 10.4 Å². The summed E-state index contributed by atoms with van der Waals surface area (Å²) in [6, 6.07) is 3.62. The van der Waals surface area contributed by atoms with Gasteiger partial charge in [-0.15, -0.1) is 0 Å². The normalized spacial score (nSPS) is 23.0. The molecule has 1 heterocycles. The molecule has 0 aromatic carbocycles. The lowest BCUT2D eigenvalue weighted by atomic mass is 9.83. The maximum absolute atomic E-state index is 11.1. The highest BCUT2D eigenvalue weighted by Gasteiger charge is 2.22. The van der Waals surface area contributed by atoms with Crippen LogP contribution < -0.4 is 5.32 Å². The minimum absolute atomic E-state index is 0.262. The first-order chi connectivity index (χ1) is 9.20. The van der Waals surface area contributed by atoms with Crippen LogP contribution in [-0.2, 0) is 0 Å². The van der Waals surface area contributed by atoms with Crippen LogP contribution in [0, 0.1) is 5.92 Å². The van der Waals surface area contributed by atoms with Gasteiger partial charge in [-0.05, 0) is 43.7 Å². The molecule has 1 aromatic rings. The van der Waals surface area contributed by atoms with Crippen molar-refractivity contribution < 1.29 is 9.90 Å². The zero-order chi connectivity index (χ0) is 13.7. The molecule has 0 radical (unpaired) electrons. The molecule has 0 bridgehead atoms. The lowest BCUT2D eigenvalue weighted by Gasteiger charge is -2.29. The van der Waals surface area contributed by atoms with Gasteiger partial charge in [-0.2, -0.15) is 0 Å². The Kier molecular flexibility index (Phi) is 4.77. The van der Waals surface area contributed by atoms with E-state index < -0.39 is 5.97 Å². The molecule has 0 saturated heterocycles. The molecular weight excluding hydrogens is 240 g/mol. The molecule has 1 saturated carbocycles. The van der Waals surface area contributed by atoms with E-state index in [0.29, 0.717) is 11.9 Å². The number of carboxylic acids is 1. The summed E-state index contributed by atoms with van der Waals surface area (Å²) < 4.78 is 0. The quantitative estimate of drug-likeness (QED) is 0.851. The first-order valence-corrected chi connectivity index (χ1v) is 7.15. The van der Waals surface area contributed by atoms with Crippen LogP contribution in [0.2, 0.25) is 0 Å². The van der Waals surface area contributed by atoms with Crippen LogP contribution in [-0.4, -0.2) is 22.1 Å². The Hall–Kier alpha value is -1.58. The molecule has 4 heteroatoms. The van der Waals surface area contributed by atoms with E-state index in [0.717, 1.165) is 18.8 Å². The fourth-order valence-corrected chi connectivity index (χ4v) is 2.89. The summed E-state index contributed by atoms with van der Waals surface area (Å²) in [6.45, 7) is 2.23. The van der Waals surface area contributed by atoms with Crippen LogP contribution in [0.1, 0.15) is 55.8 Å². The van der Waals surface area contributed by atoms with Crippen LogP contribution in [0.25, 0.3) is 0 Å². The maximum atomic E-state index is 11.1. The number of nitrogens with zero attached hydrogens (tertiary/aromatic N) is 1. The molecule has 1 aliphatic carbocycles. The molecule has 0 aliphatic heterocycles. The lowest BCUT2D eigenvalue weighted by Crippen LogP contribution is -2.27. The van der Waals surface area contributed by atoms with Gasteiger partial charge in [0.25, 0.3) is 0 Å². The molecule has 104 valence electrons. The van der Waals surface area contributed by atoms with E-state index in [2.05, 4.69) is 17.2 Å². The Labute approximate surface area is 114 Å². The molecular formula is C15H22N2O2. The summed E-state index contributed by atoms with van der Waals surface area (Å²) in [5, 5.41) is 12.4. The van der Waals surface area contributed by atoms with Crippen LogP contribution in [0.15, 0.2) is 18.3 Å². The summed E-state index contributed by atoms with van der Waals surface area (Å²) in [5.74, 6) is 0.440. The second-order valence-corrected chi connectivity index (χ2v) is 5.36. The first-order valence-electron chi connectivity index (χ1n) is 7.15. The van der Waals surface area contributed by atoms with Gasteiger partial charge >= 0.3 is 5.97 Å². The fraction of sp³-hybridized carbons (Fsp3) is 0.600. The van der Waals surface area contributed by atoms with Crippen molar-refractivity contribution in [3.8, 4) is 0 Å². The van der Waals surface area contributed by atoms with Gasteiger partial charge in [0.15, 0.2) is 0 Å². The average molecular weight is 262 g/mol. The van der Waals surface area contributed by atoms with Gasteiger partial charge in [-0.3, -0.25) is 0 Å². The number of nitrogens with one attached hydrogen (secondary N) is 1. The van der Waals surface area contributed by atoms with Crippen LogP contribution in [0.3, 0.4) is 0 Å². The number of anilines is 1. The predicted octanol–water partition coefficient (Wildman–Crippen LogP) is 3.55. The van der Waals surface area contributed by atoms with E-state index in [-0.39, 0.29) is 5.56 Å². The van der Waals surface area contributed by atoms with Gasteiger partial charge in [0, 0.05) is 12.2 Å². The highest BCUT2D eigenvalue weighted by Crippen LogP contribution is 2.29. The van der Waals surface area contributed by atoms with Crippen molar-refractivity contribution in [2.75, 3.05) is 5.32 Å². The van der Waals surface area contributed by atoms with Crippen molar-refractivity contribution in [2.24, 2.45) is 5.92 Å². The highest BCUT2D eigenvalue weighted by atomic mass is 16.4. The minimum Gasteiger partial charge on any atom is -0.478 e. The van der Waals surface area contributed by atoms with Crippen molar-refractivity contribution in [1.29, 1.82) is 0 Å². The van der Waals surface area contributed by atoms with Gasteiger partial charge in [0.05, 0.1) is 0 Å². The van der Waals surface area contributed by atoms with E-state index in [1.807, 2.05) is 0 Å². The van der Waals surface area contributed by atoms with Gasteiger partial charge in [-0.1, -0.05) is 19.8 Å². The van der Waals surface area contributed by atoms with Crippen molar-refractivity contribution >= 4 is 11.8 Å². The number of hydrogen-bond acceptors (Lipinski definition) is 3. The Bertz CT molecular complexity index is 426. The van der Waals surface area contributed by atoms with Crippen LogP contribution in [0.5, 0.6) is 0 Å². The minimum atomic E-state index is -0.921. The van der Waals surface area contributed by atoms with E-state index in [1.54, 1.807) is 18.3 Å². The molecule has 4 nitrogen and oxygen atoms in total. The number of rotatable bonds is 5. The second kappa shape index (κ2) is 6.55. The average Bonchev–Trinajstić information content (AvgIpc) is 2.42. The Morgan fingerprint density at radius 1 is 1.42 bits per heavy atom. The summed E-state index contributed by atoms with van der Waals surface area (Å²) in [6.07, 6.45) is 8.91. The smallest absolute Gasteiger partial charge is 0.339 e. The van der Waals surface area contributed by atoms with Crippen molar-refractivity contribution in [3.63, 3.8) is 0 Å². The third-order valence-electron chi connectivity index (χ3n) is 3.92. The Balaban J connectivity index is 1.94. The van der Waals surface area contributed by atoms with Gasteiger partial charge in [0.1, 0.15) is 11.4 Å². The highest BCUT2D eigenvalue weighted by molar-refractivity contribution is 5.93. The number of carboxylic acid groups (broad SMARTS) is 1. The molecule has 0 amide bonds. The van der Waals surface area contributed by atoms with Gasteiger partial charge in [0.2, 0.25) is 0 Å². The summed E-state index contributed by atoms with van der Waals surface area (Å²) in [7, 11) is 0. The molecule has 19 heavy (non-hydrogen) atoms. The molecule has 1 aromatic heterocycles. The molecule has 2 N–H and O–H groups in total. The molecule has 0 atom stereocenters. The third-order valence-corrected chi connectivity index (χ3v) is 3.92. The number of aromatic nitrogens is 1. The number of carbonyl (C=O) groups is 1. The zero-order valence-electron chi connectivity index (χ0n) is 11.4. The van der Waals surface area contributed by atoms with Gasteiger partial charge in [-0.25, -0.2) is 9.78 Å². The van der Waals surface area contributed by atoms with Crippen LogP contribution >= 0.6 is 0 Å². The van der Waals surface area contributed by atoms with Crippen molar-refractivity contribution in [1.82, 2.24) is 4.98 Å². The summed E-state index contributed by atoms with van der Waals surface area (Å²) >= 11 is 0. The Morgan fingerprint density at radius 2 is 2.16 bits per heavy atom. The second-order valence-electron chi connectivity index (χ2n) is 5.36. The van der Waals surface area contributed by atoms with E-state index in [9.17, 15) is 4.79 Å². The summed E-state index contributed by atoms with van der Waals surface area (Å²) in [5.41, 5.74) is 0.262. The van der Waals surface area contributed by atoms with E-state index in [1.165, 1.54) is 25.7 Å². The predicted molar refractivity (Wildman–Crippen MR) is 75.5 cm³/mol. The van der Waals surface area contributed by atoms with Crippen LogP contribution in [0.4, 0.5) is 5.82 Å². The van der Waals surface area contributed by atoms with E-state index in [4.69, 9.17) is 5.11 Å². The first kappa shape index (κ1) is 13.8. The third kappa shape index (κ3) is 3.69. The Morgan fingerprint density at radius 3 is 2.79 bits per heavy atom. The SMILES string of the molecule is CCCC1CCC(Nc2ncccc2C(=O)O)CC1. The zero-order valence-corrected chi connectivity index (χ0v) is 11.4. The number of hydrogen-bond donors (Lipinski definition) is 2. The fourth-order valence-electron chi connectivity index (χ4n) is 2.89. The summed E-state index contributed by atoms with van der Waals surface area (Å²) in [4.78, 5) is 15.3. The van der Waals surface area contributed by atoms with E-state index >= 15 is 0 Å². The number of aromatic carboxylic acids is 1. The van der Waals surface area contributed by atoms with Crippen molar-refractivity contribution in [3.05, 3.63) is 23.9 Å². The standard InChI is InChI=1S/C15H22N2O2/c1-2-4-11-6-8-12(9-7-11)17-14-13(15(18)19)5-3-10-16-14/h3,5,10-12H,2,4,6-9H2,1H3,(H,16,17)(H,18,19). The monoisotopic (exact) mass is 262 g/mol. The van der Waals surface area contributed by atoms with Crippen molar-refractivity contribution in [2.45, 2.75) is 51.5 Å². The topological polar surface area (TPSA) is 62.2 Å². The molecule has 2 rings (SSSR count). The molecule has 0 unspecified atom stereocenters. The molecule has 1 fully saturated rings. The largest absolute Gasteiger partial charge is 0.478 e.